The maximum atomic E-state index is 4.93. The third-order valence-electron chi connectivity index (χ3n) is 5.19. The average Bonchev–Trinajstić information content (AvgIpc) is 2.74. The lowest BCUT2D eigenvalue weighted by Gasteiger charge is -2.32. The molecule has 1 atom stereocenters. The van der Waals surface area contributed by atoms with E-state index in [-0.39, 0.29) is 0 Å². The maximum Gasteiger partial charge on any atom is 0.232 e. The Hall–Kier alpha value is -2.88. The molecule has 1 aromatic heterocycles. The molecule has 1 unspecified atom stereocenters. The summed E-state index contributed by atoms with van der Waals surface area (Å²) in [6.45, 7) is 4.44. The number of piperidine rings is 1. The van der Waals surface area contributed by atoms with E-state index in [1.54, 1.807) is 0 Å². The molecular weight excluding hydrogens is 332 g/mol. The SMILES string of the molecule is CC1CCCN(c2cc(-c3ccccc3)nc(N(C)c3ccccc3)n2)C1. The van der Waals surface area contributed by atoms with Gasteiger partial charge in [-0.2, -0.15) is 4.98 Å². The van der Waals surface area contributed by atoms with Crippen LogP contribution in [-0.2, 0) is 0 Å². The molecule has 1 saturated heterocycles. The normalized spacial score (nSPS) is 17.0. The van der Waals surface area contributed by atoms with Crippen molar-refractivity contribution in [2.24, 2.45) is 5.92 Å². The molecule has 0 aliphatic carbocycles. The fourth-order valence-electron chi connectivity index (χ4n) is 3.66. The van der Waals surface area contributed by atoms with E-state index in [2.05, 4.69) is 59.2 Å². The molecule has 1 fully saturated rings. The molecule has 3 aromatic rings. The van der Waals surface area contributed by atoms with Gasteiger partial charge in [-0.3, -0.25) is 0 Å². The van der Waals surface area contributed by atoms with Gasteiger partial charge in [-0.05, 0) is 30.9 Å². The van der Waals surface area contributed by atoms with Crippen molar-refractivity contribution in [1.29, 1.82) is 0 Å². The smallest absolute Gasteiger partial charge is 0.232 e. The van der Waals surface area contributed by atoms with E-state index >= 15 is 0 Å². The molecule has 0 radical (unpaired) electrons. The van der Waals surface area contributed by atoms with Crippen molar-refractivity contribution >= 4 is 17.5 Å². The molecule has 2 aromatic carbocycles. The first kappa shape index (κ1) is 17.5. The summed E-state index contributed by atoms with van der Waals surface area (Å²) in [7, 11) is 2.03. The van der Waals surface area contributed by atoms with Crippen molar-refractivity contribution in [1.82, 2.24) is 9.97 Å². The summed E-state index contributed by atoms with van der Waals surface area (Å²) in [5.74, 6) is 2.45. The topological polar surface area (TPSA) is 32.3 Å². The summed E-state index contributed by atoms with van der Waals surface area (Å²) in [6, 6.07) is 22.8. The first-order valence-electron chi connectivity index (χ1n) is 9.69. The number of rotatable bonds is 4. The largest absolute Gasteiger partial charge is 0.356 e. The Kier molecular flexibility index (Phi) is 5.05. The molecule has 4 heteroatoms. The third-order valence-corrected chi connectivity index (χ3v) is 5.19. The Morgan fingerprint density at radius 2 is 1.67 bits per heavy atom. The lowest BCUT2D eigenvalue weighted by molar-refractivity contribution is 0.444. The van der Waals surface area contributed by atoms with Gasteiger partial charge in [0.15, 0.2) is 0 Å². The van der Waals surface area contributed by atoms with Gasteiger partial charge in [0.25, 0.3) is 0 Å². The first-order valence-corrected chi connectivity index (χ1v) is 9.69. The number of benzene rings is 2. The molecule has 1 aliphatic rings. The molecule has 1 aliphatic heterocycles. The van der Waals surface area contributed by atoms with Gasteiger partial charge in [0.1, 0.15) is 5.82 Å². The van der Waals surface area contributed by atoms with Gasteiger partial charge in [0.05, 0.1) is 5.69 Å². The second-order valence-corrected chi connectivity index (χ2v) is 7.37. The summed E-state index contributed by atoms with van der Waals surface area (Å²) in [4.78, 5) is 14.3. The number of nitrogens with zero attached hydrogens (tertiary/aromatic N) is 4. The Morgan fingerprint density at radius 1 is 0.963 bits per heavy atom. The number of hydrogen-bond donors (Lipinski definition) is 0. The van der Waals surface area contributed by atoms with Crippen LogP contribution in [0, 0.1) is 5.92 Å². The first-order chi connectivity index (χ1) is 13.2. The second-order valence-electron chi connectivity index (χ2n) is 7.37. The number of hydrogen-bond acceptors (Lipinski definition) is 4. The van der Waals surface area contributed by atoms with Crippen LogP contribution in [0.3, 0.4) is 0 Å². The maximum absolute atomic E-state index is 4.93. The minimum atomic E-state index is 0.698. The van der Waals surface area contributed by atoms with Crippen molar-refractivity contribution in [2.45, 2.75) is 19.8 Å². The van der Waals surface area contributed by atoms with Gasteiger partial charge < -0.3 is 9.80 Å². The van der Waals surface area contributed by atoms with Crippen LogP contribution in [0.4, 0.5) is 17.5 Å². The molecule has 0 spiro atoms. The van der Waals surface area contributed by atoms with Crippen LogP contribution in [-0.4, -0.2) is 30.1 Å². The molecule has 0 amide bonds. The zero-order valence-electron chi connectivity index (χ0n) is 16.0. The van der Waals surface area contributed by atoms with Crippen LogP contribution in [0.5, 0.6) is 0 Å². The van der Waals surface area contributed by atoms with E-state index in [4.69, 9.17) is 9.97 Å². The van der Waals surface area contributed by atoms with E-state index in [9.17, 15) is 0 Å². The van der Waals surface area contributed by atoms with E-state index in [1.165, 1.54) is 12.8 Å². The van der Waals surface area contributed by atoms with Crippen molar-refractivity contribution in [3.63, 3.8) is 0 Å². The van der Waals surface area contributed by atoms with E-state index < -0.39 is 0 Å². The van der Waals surface area contributed by atoms with Crippen LogP contribution in [0.2, 0.25) is 0 Å². The molecule has 138 valence electrons. The van der Waals surface area contributed by atoms with E-state index in [1.807, 2.05) is 31.3 Å². The summed E-state index contributed by atoms with van der Waals surface area (Å²) in [5, 5.41) is 0. The highest BCUT2D eigenvalue weighted by Crippen LogP contribution is 2.29. The standard InChI is InChI=1S/C23H26N4/c1-18-10-9-15-27(17-18)22-16-21(19-11-5-3-6-12-19)24-23(25-22)26(2)20-13-7-4-8-14-20/h3-8,11-14,16,18H,9-10,15,17H2,1-2H3. The number of para-hydroxylation sites is 1. The number of aromatic nitrogens is 2. The van der Waals surface area contributed by atoms with Crippen LogP contribution in [0.15, 0.2) is 66.7 Å². The van der Waals surface area contributed by atoms with Crippen molar-refractivity contribution in [3.8, 4) is 11.3 Å². The van der Waals surface area contributed by atoms with Crippen LogP contribution < -0.4 is 9.80 Å². The summed E-state index contributed by atoms with van der Waals surface area (Å²) < 4.78 is 0. The van der Waals surface area contributed by atoms with Gasteiger partial charge in [0, 0.05) is 37.5 Å². The van der Waals surface area contributed by atoms with Gasteiger partial charge >= 0.3 is 0 Å². The molecule has 2 heterocycles. The van der Waals surface area contributed by atoms with Crippen LogP contribution >= 0.6 is 0 Å². The second kappa shape index (κ2) is 7.78. The lowest BCUT2D eigenvalue weighted by atomic mass is 10.0. The molecule has 27 heavy (non-hydrogen) atoms. The number of anilines is 3. The minimum absolute atomic E-state index is 0.698. The highest BCUT2D eigenvalue weighted by molar-refractivity contribution is 5.67. The highest BCUT2D eigenvalue weighted by atomic mass is 15.3. The molecule has 0 N–H and O–H groups in total. The molecular formula is C23H26N4. The monoisotopic (exact) mass is 358 g/mol. The Labute approximate surface area is 161 Å². The lowest BCUT2D eigenvalue weighted by Crippen LogP contribution is -2.35. The van der Waals surface area contributed by atoms with Crippen LogP contribution in [0.25, 0.3) is 11.3 Å². The molecule has 0 saturated carbocycles. The van der Waals surface area contributed by atoms with Gasteiger partial charge in [0.2, 0.25) is 5.95 Å². The van der Waals surface area contributed by atoms with Gasteiger partial charge in [-0.1, -0.05) is 55.5 Å². The summed E-state index contributed by atoms with van der Waals surface area (Å²) in [5.41, 5.74) is 3.17. The van der Waals surface area contributed by atoms with Gasteiger partial charge in [-0.15, -0.1) is 0 Å². The van der Waals surface area contributed by atoms with E-state index in [0.717, 1.165) is 41.8 Å². The van der Waals surface area contributed by atoms with Gasteiger partial charge in [-0.25, -0.2) is 4.98 Å². The quantitative estimate of drug-likeness (QED) is 0.646. The molecule has 4 rings (SSSR count). The fraction of sp³-hybridized carbons (Fsp3) is 0.304. The summed E-state index contributed by atoms with van der Waals surface area (Å²) >= 11 is 0. The van der Waals surface area contributed by atoms with Crippen molar-refractivity contribution < 1.29 is 0 Å². The molecule has 0 bridgehead atoms. The van der Waals surface area contributed by atoms with Crippen LogP contribution in [0.1, 0.15) is 19.8 Å². The zero-order valence-corrected chi connectivity index (χ0v) is 16.0. The Bertz CT molecular complexity index is 879. The third kappa shape index (κ3) is 3.95. The summed E-state index contributed by atoms with van der Waals surface area (Å²) in [6.07, 6.45) is 2.51. The fourth-order valence-corrected chi connectivity index (χ4v) is 3.66. The van der Waals surface area contributed by atoms with E-state index in [0.29, 0.717) is 5.92 Å². The molecule has 4 nitrogen and oxygen atoms in total. The average molecular weight is 358 g/mol. The van der Waals surface area contributed by atoms with Crippen molar-refractivity contribution in [2.75, 3.05) is 29.9 Å². The Balaban J connectivity index is 1.77. The minimum Gasteiger partial charge on any atom is -0.356 e. The Morgan fingerprint density at radius 3 is 2.37 bits per heavy atom. The van der Waals surface area contributed by atoms with Crippen molar-refractivity contribution in [3.05, 3.63) is 66.7 Å². The predicted octanol–water partition coefficient (Wildman–Crippen LogP) is 5.15. The predicted molar refractivity (Wildman–Crippen MR) is 113 cm³/mol. The highest BCUT2D eigenvalue weighted by Gasteiger charge is 2.20. The zero-order chi connectivity index (χ0) is 18.6.